The number of urea groups is 1. The fourth-order valence-electron chi connectivity index (χ4n) is 3.51. The van der Waals surface area contributed by atoms with E-state index in [2.05, 4.69) is 10.1 Å². The zero-order valence-corrected chi connectivity index (χ0v) is 14.9. The van der Waals surface area contributed by atoms with Crippen LogP contribution in [0, 0.1) is 11.4 Å². The quantitative estimate of drug-likeness (QED) is 0.791. The minimum atomic E-state index is -0.695. The van der Waals surface area contributed by atoms with Crippen molar-refractivity contribution in [1.29, 1.82) is 0 Å². The maximum atomic E-state index is 13.6. The number of amides is 3. The second-order valence-electron chi connectivity index (χ2n) is 7.36. The lowest BCUT2D eigenvalue weighted by molar-refractivity contribution is 0.0899. The zero-order valence-electron chi connectivity index (χ0n) is 14.9. The number of carbonyl (C=O) groups excluding carboxylic acids is 2. The standard InChI is InChI=1S/C17H21FN6O2/c1-17(2,3)14-13-11(15(19)25)12(9-4-5-21-10(18)8-9)22-24(13)7-6-23(14)16(20)26/h4-5,8,14H,6-7H2,1-3H3,(H2,19,25)(H2,20,26). The highest BCUT2D eigenvalue weighted by Gasteiger charge is 2.42. The maximum Gasteiger partial charge on any atom is 0.315 e. The number of nitrogens with zero attached hydrogens (tertiary/aromatic N) is 4. The van der Waals surface area contributed by atoms with Gasteiger partial charge in [0.15, 0.2) is 0 Å². The molecule has 1 aliphatic rings. The first-order valence-corrected chi connectivity index (χ1v) is 8.19. The summed E-state index contributed by atoms with van der Waals surface area (Å²) in [5.74, 6) is -1.38. The first-order chi connectivity index (χ1) is 12.1. The molecule has 2 aromatic heterocycles. The van der Waals surface area contributed by atoms with Crippen LogP contribution < -0.4 is 11.5 Å². The number of carbonyl (C=O) groups is 2. The number of pyridine rings is 1. The highest BCUT2D eigenvalue weighted by atomic mass is 19.1. The van der Waals surface area contributed by atoms with Crippen LogP contribution in [0.1, 0.15) is 42.9 Å². The van der Waals surface area contributed by atoms with Gasteiger partial charge in [-0.05, 0) is 11.5 Å². The van der Waals surface area contributed by atoms with E-state index in [1.165, 1.54) is 17.2 Å². The van der Waals surface area contributed by atoms with Gasteiger partial charge in [-0.2, -0.15) is 9.49 Å². The van der Waals surface area contributed by atoms with Crippen LogP contribution in [0.3, 0.4) is 0 Å². The molecule has 3 amide bonds. The minimum absolute atomic E-state index is 0.168. The smallest absolute Gasteiger partial charge is 0.315 e. The lowest BCUT2D eigenvalue weighted by Gasteiger charge is -2.42. The maximum absolute atomic E-state index is 13.6. The average Bonchev–Trinajstić information content (AvgIpc) is 2.92. The van der Waals surface area contributed by atoms with Crippen molar-refractivity contribution in [3.63, 3.8) is 0 Å². The van der Waals surface area contributed by atoms with Crippen LogP contribution in [-0.4, -0.2) is 38.1 Å². The Hall–Kier alpha value is -2.97. The Morgan fingerprint density at radius 1 is 1.27 bits per heavy atom. The summed E-state index contributed by atoms with van der Waals surface area (Å²) in [5.41, 5.74) is 12.1. The van der Waals surface area contributed by atoms with Crippen molar-refractivity contribution in [2.45, 2.75) is 33.4 Å². The van der Waals surface area contributed by atoms with Crippen LogP contribution in [0.15, 0.2) is 18.3 Å². The second-order valence-corrected chi connectivity index (χ2v) is 7.36. The molecule has 0 saturated carbocycles. The number of primary amides is 2. The van der Waals surface area contributed by atoms with Crippen LogP contribution in [0.4, 0.5) is 9.18 Å². The van der Waals surface area contributed by atoms with Crippen LogP contribution in [0.25, 0.3) is 11.3 Å². The second kappa shape index (κ2) is 6.08. The molecule has 4 N–H and O–H groups in total. The molecule has 9 heteroatoms. The average molecular weight is 360 g/mol. The monoisotopic (exact) mass is 360 g/mol. The Labute approximate surface area is 150 Å². The number of hydrogen-bond acceptors (Lipinski definition) is 4. The van der Waals surface area contributed by atoms with Gasteiger partial charge in [0.05, 0.1) is 23.8 Å². The molecule has 8 nitrogen and oxygen atoms in total. The van der Waals surface area contributed by atoms with Crippen LogP contribution in [0.5, 0.6) is 0 Å². The number of hydrogen-bond donors (Lipinski definition) is 2. The molecule has 0 spiro atoms. The Morgan fingerprint density at radius 3 is 2.50 bits per heavy atom. The third-order valence-corrected chi connectivity index (χ3v) is 4.46. The molecule has 138 valence electrons. The van der Waals surface area contributed by atoms with E-state index >= 15 is 0 Å². The Kier molecular flexibility index (Phi) is 4.17. The first-order valence-electron chi connectivity index (χ1n) is 8.19. The predicted molar refractivity (Wildman–Crippen MR) is 92.4 cm³/mol. The molecule has 0 aliphatic carbocycles. The number of aromatic nitrogens is 3. The SMILES string of the molecule is CC(C)(C)C1c2c(C(N)=O)c(-c3ccnc(F)c3)nn2CCN1C(N)=O. The van der Waals surface area contributed by atoms with E-state index < -0.39 is 29.3 Å². The van der Waals surface area contributed by atoms with Crippen molar-refractivity contribution in [1.82, 2.24) is 19.7 Å². The molecule has 0 aromatic carbocycles. The molecule has 3 heterocycles. The van der Waals surface area contributed by atoms with Gasteiger partial charge in [-0.15, -0.1) is 0 Å². The number of nitrogens with two attached hydrogens (primary N) is 2. The van der Waals surface area contributed by atoms with Gasteiger partial charge < -0.3 is 16.4 Å². The molecule has 0 fully saturated rings. The number of fused-ring (bicyclic) bond motifs is 1. The van der Waals surface area contributed by atoms with Gasteiger partial charge in [0.2, 0.25) is 5.95 Å². The molecule has 3 rings (SSSR count). The summed E-state index contributed by atoms with van der Waals surface area (Å²) < 4.78 is 15.2. The van der Waals surface area contributed by atoms with E-state index in [1.54, 1.807) is 10.7 Å². The zero-order chi connectivity index (χ0) is 19.2. The van der Waals surface area contributed by atoms with Gasteiger partial charge in [-0.3, -0.25) is 9.48 Å². The topological polar surface area (TPSA) is 120 Å². The number of rotatable bonds is 2. The van der Waals surface area contributed by atoms with Crippen molar-refractivity contribution < 1.29 is 14.0 Å². The van der Waals surface area contributed by atoms with E-state index in [-0.39, 0.29) is 11.3 Å². The largest absolute Gasteiger partial charge is 0.365 e. The van der Waals surface area contributed by atoms with Crippen LogP contribution >= 0.6 is 0 Å². The van der Waals surface area contributed by atoms with Gasteiger partial charge in [0, 0.05) is 24.4 Å². The summed E-state index contributed by atoms with van der Waals surface area (Å²) in [5, 5.41) is 4.48. The van der Waals surface area contributed by atoms with Crippen LogP contribution in [-0.2, 0) is 6.54 Å². The fourth-order valence-corrected chi connectivity index (χ4v) is 3.51. The van der Waals surface area contributed by atoms with Gasteiger partial charge in [-0.1, -0.05) is 20.8 Å². The predicted octanol–water partition coefficient (Wildman–Crippen LogP) is 1.66. The van der Waals surface area contributed by atoms with E-state index in [4.69, 9.17) is 11.5 Å². The van der Waals surface area contributed by atoms with Crippen molar-refractivity contribution >= 4 is 11.9 Å². The molecule has 0 saturated heterocycles. The molecular formula is C17H21FN6O2. The van der Waals surface area contributed by atoms with Gasteiger partial charge in [-0.25, -0.2) is 9.78 Å². The van der Waals surface area contributed by atoms with Gasteiger partial charge in [0.25, 0.3) is 5.91 Å². The molecule has 1 atom stereocenters. The first kappa shape index (κ1) is 17.8. The molecular weight excluding hydrogens is 339 g/mol. The lowest BCUT2D eigenvalue weighted by Crippen LogP contribution is -2.49. The molecule has 0 radical (unpaired) electrons. The van der Waals surface area contributed by atoms with E-state index in [1.807, 2.05) is 20.8 Å². The van der Waals surface area contributed by atoms with Crippen LogP contribution in [0.2, 0.25) is 0 Å². The lowest BCUT2D eigenvalue weighted by atomic mass is 9.81. The summed E-state index contributed by atoms with van der Waals surface area (Å²) in [7, 11) is 0. The molecule has 26 heavy (non-hydrogen) atoms. The summed E-state index contributed by atoms with van der Waals surface area (Å²) >= 11 is 0. The van der Waals surface area contributed by atoms with Crippen molar-refractivity contribution in [2.75, 3.05) is 6.54 Å². The summed E-state index contributed by atoms with van der Waals surface area (Å²) in [4.78, 5) is 29.3. The Bertz CT molecular complexity index is 886. The Morgan fingerprint density at radius 2 is 1.96 bits per heavy atom. The van der Waals surface area contributed by atoms with Crippen molar-refractivity contribution in [3.05, 3.63) is 35.5 Å². The molecule has 1 unspecified atom stereocenters. The number of halogens is 1. The molecule has 1 aliphatic heterocycles. The normalized spacial score (nSPS) is 17.1. The molecule has 2 aromatic rings. The van der Waals surface area contributed by atoms with Crippen molar-refractivity contribution in [2.24, 2.45) is 16.9 Å². The summed E-state index contributed by atoms with van der Waals surface area (Å²) in [6, 6.07) is 1.68. The highest BCUT2D eigenvalue weighted by Crippen LogP contribution is 2.43. The van der Waals surface area contributed by atoms with E-state index in [9.17, 15) is 14.0 Å². The molecule has 0 bridgehead atoms. The van der Waals surface area contributed by atoms with Gasteiger partial charge >= 0.3 is 6.03 Å². The highest BCUT2D eigenvalue weighted by molar-refractivity contribution is 6.00. The Balaban J connectivity index is 2.29. The van der Waals surface area contributed by atoms with E-state index in [0.717, 1.165) is 0 Å². The fraction of sp³-hybridized carbons (Fsp3) is 0.412. The third kappa shape index (κ3) is 2.89. The summed E-state index contributed by atoms with van der Waals surface area (Å²) in [6.45, 7) is 6.53. The van der Waals surface area contributed by atoms with E-state index in [0.29, 0.717) is 24.3 Å². The van der Waals surface area contributed by atoms with Crippen molar-refractivity contribution in [3.8, 4) is 11.3 Å². The summed E-state index contributed by atoms with van der Waals surface area (Å²) in [6.07, 6.45) is 1.30. The minimum Gasteiger partial charge on any atom is -0.365 e. The third-order valence-electron chi connectivity index (χ3n) is 4.46. The van der Waals surface area contributed by atoms with Gasteiger partial charge in [0.1, 0.15) is 5.69 Å².